The molecule has 0 aliphatic carbocycles. The minimum atomic E-state index is -3.87. The lowest BCUT2D eigenvalue weighted by atomic mass is 10.0. The van der Waals surface area contributed by atoms with Gasteiger partial charge in [-0.2, -0.15) is 8.42 Å². The molecular formula is C16H18O4S. The third-order valence-corrected chi connectivity index (χ3v) is 4.35. The van der Waals surface area contributed by atoms with Gasteiger partial charge in [0, 0.05) is 0 Å². The fourth-order valence-electron chi connectivity index (χ4n) is 1.87. The van der Waals surface area contributed by atoms with Gasteiger partial charge in [0.2, 0.25) is 0 Å². The van der Waals surface area contributed by atoms with Crippen molar-refractivity contribution in [3.63, 3.8) is 0 Å². The molecule has 2 aromatic carbocycles. The minimum absolute atomic E-state index is 0.123. The Balaban J connectivity index is 2.30. The second-order valence-electron chi connectivity index (χ2n) is 4.91. The minimum Gasteiger partial charge on any atom is -0.493 e. The number of hydrogen-bond acceptors (Lipinski definition) is 4. The van der Waals surface area contributed by atoms with E-state index in [1.807, 2.05) is 0 Å². The molecule has 5 heteroatoms. The molecule has 4 nitrogen and oxygen atoms in total. The van der Waals surface area contributed by atoms with E-state index in [-0.39, 0.29) is 10.6 Å². The summed E-state index contributed by atoms with van der Waals surface area (Å²) >= 11 is 0. The van der Waals surface area contributed by atoms with Gasteiger partial charge in [0.05, 0.1) is 7.11 Å². The summed E-state index contributed by atoms with van der Waals surface area (Å²) in [5, 5.41) is 0. The highest BCUT2D eigenvalue weighted by atomic mass is 32.2. The van der Waals surface area contributed by atoms with Gasteiger partial charge in [-0.05, 0) is 35.7 Å². The van der Waals surface area contributed by atoms with E-state index in [4.69, 9.17) is 8.92 Å². The number of para-hydroxylation sites is 2. The van der Waals surface area contributed by atoms with E-state index in [9.17, 15) is 8.42 Å². The molecule has 0 unspecified atom stereocenters. The van der Waals surface area contributed by atoms with Crippen LogP contribution in [0.2, 0.25) is 0 Å². The molecule has 0 atom stereocenters. The largest absolute Gasteiger partial charge is 0.493 e. The summed E-state index contributed by atoms with van der Waals surface area (Å²) in [6.07, 6.45) is 0. The summed E-state index contributed by atoms with van der Waals surface area (Å²) in [4.78, 5) is 0.123. The van der Waals surface area contributed by atoms with Crippen molar-refractivity contribution in [2.45, 2.75) is 24.7 Å². The monoisotopic (exact) mass is 306 g/mol. The van der Waals surface area contributed by atoms with Crippen LogP contribution in [0.25, 0.3) is 0 Å². The van der Waals surface area contributed by atoms with Crippen LogP contribution < -0.4 is 8.92 Å². The average Bonchev–Trinajstić information content (AvgIpc) is 2.47. The van der Waals surface area contributed by atoms with Gasteiger partial charge >= 0.3 is 10.1 Å². The van der Waals surface area contributed by atoms with Crippen LogP contribution in [0.3, 0.4) is 0 Å². The molecule has 21 heavy (non-hydrogen) atoms. The fraction of sp³-hybridized carbons (Fsp3) is 0.250. The molecule has 0 fully saturated rings. The second kappa shape index (κ2) is 6.18. The van der Waals surface area contributed by atoms with Crippen molar-refractivity contribution >= 4 is 10.1 Å². The molecular weight excluding hydrogens is 288 g/mol. The first-order valence-corrected chi connectivity index (χ1v) is 8.02. The van der Waals surface area contributed by atoms with Crippen molar-refractivity contribution in [1.82, 2.24) is 0 Å². The smallest absolute Gasteiger partial charge is 0.339 e. The van der Waals surface area contributed by atoms with Gasteiger partial charge in [0.25, 0.3) is 0 Å². The first-order chi connectivity index (χ1) is 9.94. The fourth-order valence-corrected chi connectivity index (χ4v) is 2.81. The molecule has 2 rings (SSSR count). The molecule has 2 aromatic rings. The molecule has 112 valence electrons. The lowest BCUT2D eigenvalue weighted by Gasteiger charge is -2.11. The van der Waals surface area contributed by atoms with Gasteiger partial charge in [0.1, 0.15) is 4.90 Å². The van der Waals surface area contributed by atoms with Gasteiger partial charge in [-0.25, -0.2) is 0 Å². The highest BCUT2D eigenvalue weighted by Crippen LogP contribution is 2.29. The Morgan fingerprint density at radius 2 is 1.48 bits per heavy atom. The summed E-state index contributed by atoms with van der Waals surface area (Å²) in [7, 11) is -2.40. The van der Waals surface area contributed by atoms with Gasteiger partial charge in [-0.3, -0.25) is 0 Å². The van der Waals surface area contributed by atoms with Crippen LogP contribution in [0.4, 0.5) is 0 Å². The molecule has 0 aliphatic rings. The van der Waals surface area contributed by atoms with E-state index >= 15 is 0 Å². The van der Waals surface area contributed by atoms with Crippen LogP contribution in [0, 0.1) is 0 Å². The van der Waals surface area contributed by atoms with Crippen molar-refractivity contribution in [2.75, 3.05) is 7.11 Å². The van der Waals surface area contributed by atoms with Crippen LogP contribution in [-0.2, 0) is 10.1 Å². The zero-order valence-corrected chi connectivity index (χ0v) is 13.1. The van der Waals surface area contributed by atoms with Crippen molar-refractivity contribution in [3.8, 4) is 11.5 Å². The zero-order chi connectivity index (χ0) is 15.5. The maximum absolute atomic E-state index is 12.3. The quantitative estimate of drug-likeness (QED) is 0.792. The highest BCUT2D eigenvalue weighted by molar-refractivity contribution is 7.87. The third-order valence-electron chi connectivity index (χ3n) is 3.10. The predicted octanol–water partition coefficient (Wildman–Crippen LogP) is 3.59. The molecule has 0 N–H and O–H groups in total. The molecule has 0 aromatic heterocycles. The van der Waals surface area contributed by atoms with Gasteiger partial charge in [-0.1, -0.05) is 38.1 Å². The Bertz CT molecular complexity index is 703. The maximum atomic E-state index is 12.3. The molecule has 0 aliphatic heterocycles. The summed E-state index contributed by atoms with van der Waals surface area (Å²) in [6.45, 7) is 4.10. The van der Waals surface area contributed by atoms with Crippen LogP contribution in [0.5, 0.6) is 11.5 Å². The average molecular weight is 306 g/mol. The Morgan fingerprint density at radius 1 is 0.905 bits per heavy atom. The number of benzene rings is 2. The van der Waals surface area contributed by atoms with E-state index in [1.165, 1.54) is 7.11 Å². The molecule has 0 bridgehead atoms. The zero-order valence-electron chi connectivity index (χ0n) is 12.2. The normalized spacial score (nSPS) is 11.4. The Hall–Kier alpha value is -2.01. The van der Waals surface area contributed by atoms with Crippen molar-refractivity contribution in [1.29, 1.82) is 0 Å². The summed E-state index contributed by atoms with van der Waals surface area (Å²) in [5.74, 6) is 0.893. The lowest BCUT2D eigenvalue weighted by Crippen LogP contribution is -2.10. The summed E-state index contributed by atoms with van der Waals surface area (Å²) < 4.78 is 34.8. The van der Waals surface area contributed by atoms with Crippen molar-refractivity contribution in [3.05, 3.63) is 54.1 Å². The molecule has 0 radical (unpaired) electrons. The Labute approximate surface area is 125 Å². The van der Waals surface area contributed by atoms with Gasteiger partial charge in [-0.15, -0.1) is 0 Å². The topological polar surface area (TPSA) is 52.6 Å². The highest BCUT2D eigenvalue weighted by Gasteiger charge is 2.18. The van der Waals surface area contributed by atoms with Crippen LogP contribution in [0.15, 0.2) is 53.4 Å². The number of methoxy groups -OCH3 is 1. The Kier molecular flexibility index (Phi) is 4.53. The molecule has 0 amide bonds. The number of ether oxygens (including phenoxy) is 1. The Morgan fingerprint density at radius 3 is 2.00 bits per heavy atom. The first kappa shape index (κ1) is 15.4. The molecule has 0 saturated heterocycles. The standard InChI is InChI=1S/C16H18O4S/c1-12(2)13-8-10-14(11-9-13)21(17,18)20-16-7-5-4-6-15(16)19-3/h4-12H,1-3H3. The van der Waals surface area contributed by atoms with E-state index in [0.717, 1.165) is 5.56 Å². The second-order valence-corrected chi connectivity index (χ2v) is 6.46. The van der Waals surface area contributed by atoms with E-state index in [2.05, 4.69) is 13.8 Å². The molecule has 0 saturated carbocycles. The first-order valence-electron chi connectivity index (χ1n) is 6.61. The molecule has 0 heterocycles. The van der Waals surface area contributed by atoms with Crippen molar-refractivity contribution in [2.24, 2.45) is 0 Å². The number of rotatable bonds is 5. The van der Waals surface area contributed by atoms with Gasteiger partial charge < -0.3 is 8.92 Å². The van der Waals surface area contributed by atoms with Gasteiger partial charge in [0.15, 0.2) is 11.5 Å². The predicted molar refractivity (Wildman–Crippen MR) is 81.3 cm³/mol. The van der Waals surface area contributed by atoms with E-state index in [0.29, 0.717) is 11.7 Å². The maximum Gasteiger partial charge on any atom is 0.339 e. The summed E-state index contributed by atoms with van der Waals surface area (Å²) in [6, 6.07) is 13.3. The van der Waals surface area contributed by atoms with Crippen LogP contribution in [-0.4, -0.2) is 15.5 Å². The van der Waals surface area contributed by atoms with E-state index < -0.39 is 10.1 Å². The third kappa shape index (κ3) is 3.55. The van der Waals surface area contributed by atoms with Crippen molar-refractivity contribution < 1.29 is 17.3 Å². The van der Waals surface area contributed by atoms with Crippen LogP contribution in [0.1, 0.15) is 25.3 Å². The molecule has 0 spiro atoms. The summed E-state index contributed by atoms with van der Waals surface area (Å²) in [5.41, 5.74) is 1.08. The SMILES string of the molecule is COc1ccccc1OS(=O)(=O)c1ccc(C(C)C)cc1. The van der Waals surface area contributed by atoms with E-state index in [1.54, 1.807) is 48.5 Å². The lowest BCUT2D eigenvalue weighted by molar-refractivity contribution is 0.390. The number of hydrogen-bond donors (Lipinski definition) is 0. The van der Waals surface area contributed by atoms with Crippen LogP contribution >= 0.6 is 0 Å².